The first kappa shape index (κ1) is 21.9. The average Bonchev–Trinajstić information content (AvgIpc) is 2.84. The van der Waals surface area contributed by atoms with Crippen molar-refractivity contribution in [2.45, 2.75) is 50.1 Å². The van der Waals surface area contributed by atoms with Gasteiger partial charge in [-0.1, -0.05) is 49.3 Å². The fourth-order valence-corrected chi connectivity index (χ4v) is 4.90. The molecule has 0 radical (unpaired) electrons. The summed E-state index contributed by atoms with van der Waals surface area (Å²) in [5.74, 6) is 6.89. The lowest BCUT2D eigenvalue weighted by molar-refractivity contribution is -0.152. The fraction of sp³-hybridized carbons (Fsp3) is 0.407. The molecule has 5 nitrogen and oxygen atoms in total. The number of rotatable bonds is 4. The van der Waals surface area contributed by atoms with Crippen molar-refractivity contribution in [2.75, 3.05) is 13.7 Å². The van der Waals surface area contributed by atoms with Crippen LogP contribution in [0.15, 0.2) is 48.5 Å². The molecule has 2 aromatic carbocycles. The van der Waals surface area contributed by atoms with Crippen LogP contribution in [0.25, 0.3) is 0 Å². The Hall–Kier alpha value is -3.28. The second-order valence-electron chi connectivity index (χ2n) is 8.53. The standard InChI is InChI=1S/C27H28N2O3/c1-32-23-9-5-6-20(16-23)11-10-19-12-14-21(15-13-19)26-24(17-28)29(25(26)18-30)27(31)22-7-3-2-4-8-22/h5-6,9,12-16,22,24-26,30H,2-4,7-8,18H2,1H3/t24-,25+,26-/m1/s1. The van der Waals surface area contributed by atoms with Gasteiger partial charge in [-0.3, -0.25) is 4.79 Å². The third-order valence-corrected chi connectivity index (χ3v) is 6.66. The summed E-state index contributed by atoms with van der Waals surface area (Å²) in [5, 5.41) is 19.8. The van der Waals surface area contributed by atoms with Crippen LogP contribution in [0.1, 0.15) is 54.7 Å². The van der Waals surface area contributed by atoms with Crippen LogP contribution in [-0.4, -0.2) is 41.7 Å². The van der Waals surface area contributed by atoms with Gasteiger partial charge in [0.25, 0.3) is 0 Å². The van der Waals surface area contributed by atoms with Crippen molar-refractivity contribution in [1.82, 2.24) is 4.90 Å². The Labute approximate surface area is 189 Å². The van der Waals surface area contributed by atoms with Crippen molar-refractivity contribution in [2.24, 2.45) is 5.92 Å². The van der Waals surface area contributed by atoms with Crippen LogP contribution in [0.5, 0.6) is 5.75 Å². The first-order chi connectivity index (χ1) is 15.7. The molecule has 5 heteroatoms. The minimum atomic E-state index is -0.532. The van der Waals surface area contributed by atoms with E-state index in [0.29, 0.717) is 0 Å². The Bertz CT molecular complexity index is 1050. The molecule has 1 heterocycles. The monoisotopic (exact) mass is 428 g/mol. The van der Waals surface area contributed by atoms with Crippen molar-refractivity contribution in [3.8, 4) is 23.7 Å². The molecule has 1 aliphatic carbocycles. The lowest BCUT2D eigenvalue weighted by Crippen LogP contribution is -2.66. The van der Waals surface area contributed by atoms with E-state index in [1.54, 1.807) is 12.0 Å². The SMILES string of the molecule is COc1cccc(C#Cc2ccc([C@@H]3[C@@H](C#N)N(C(=O)C4CCCCC4)[C@H]3CO)cc2)c1. The topological polar surface area (TPSA) is 73.6 Å². The van der Waals surface area contributed by atoms with Crippen molar-refractivity contribution < 1.29 is 14.6 Å². The second-order valence-corrected chi connectivity index (χ2v) is 8.53. The minimum Gasteiger partial charge on any atom is -0.497 e. The molecule has 2 aliphatic rings. The molecule has 32 heavy (non-hydrogen) atoms. The molecular formula is C27H28N2O3. The van der Waals surface area contributed by atoms with Gasteiger partial charge in [0.05, 0.1) is 25.8 Å². The second kappa shape index (κ2) is 9.90. The Kier molecular flexibility index (Phi) is 6.78. The zero-order valence-corrected chi connectivity index (χ0v) is 18.3. The summed E-state index contributed by atoms with van der Waals surface area (Å²) in [6, 6.07) is 16.8. The zero-order chi connectivity index (χ0) is 22.5. The first-order valence-corrected chi connectivity index (χ1v) is 11.2. The van der Waals surface area contributed by atoms with Gasteiger partial charge in [0.1, 0.15) is 11.8 Å². The molecule has 2 aromatic rings. The molecule has 0 bridgehead atoms. The number of methoxy groups -OCH3 is 1. The molecule has 0 unspecified atom stereocenters. The zero-order valence-electron chi connectivity index (χ0n) is 18.3. The van der Waals surface area contributed by atoms with Gasteiger partial charge in [-0.2, -0.15) is 5.26 Å². The number of aliphatic hydroxyl groups is 1. The van der Waals surface area contributed by atoms with E-state index in [9.17, 15) is 15.2 Å². The average molecular weight is 429 g/mol. The summed E-state index contributed by atoms with van der Waals surface area (Å²) in [6.07, 6.45) is 5.07. The number of hydrogen-bond donors (Lipinski definition) is 1. The number of benzene rings is 2. The number of aliphatic hydroxyl groups excluding tert-OH is 1. The molecule has 0 aromatic heterocycles. The molecule has 164 valence electrons. The van der Waals surface area contributed by atoms with E-state index in [1.165, 1.54) is 6.42 Å². The molecule has 1 saturated heterocycles. The molecular weight excluding hydrogens is 400 g/mol. The number of hydrogen-bond acceptors (Lipinski definition) is 4. The smallest absolute Gasteiger partial charge is 0.227 e. The summed E-state index contributed by atoms with van der Waals surface area (Å²) in [4.78, 5) is 14.7. The van der Waals surface area contributed by atoms with E-state index < -0.39 is 6.04 Å². The van der Waals surface area contributed by atoms with Crippen LogP contribution in [0.2, 0.25) is 0 Å². The molecule has 1 N–H and O–H groups in total. The van der Waals surface area contributed by atoms with Gasteiger partial charge in [0.15, 0.2) is 0 Å². The summed E-state index contributed by atoms with van der Waals surface area (Å²) in [6.45, 7) is -0.140. The number of amides is 1. The van der Waals surface area contributed by atoms with E-state index in [0.717, 1.165) is 48.1 Å². The summed E-state index contributed by atoms with van der Waals surface area (Å²) in [7, 11) is 1.63. The Morgan fingerprint density at radius 1 is 1.09 bits per heavy atom. The van der Waals surface area contributed by atoms with E-state index in [1.807, 2.05) is 48.5 Å². The maximum absolute atomic E-state index is 13.1. The lowest BCUT2D eigenvalue weighted by Gasteiger charge is -2.52. The van der Waals surface area contributed by atoms with E-state index in [4.69, 9.17) is 4.74 Å². The Morgan fingerprint density at radius 3 is 2.47 bits per heavy atom. The lowest BCUT2D eigenvalue weighted by atomic mass is 9.74. The van der Waals surface area contributed by atoms with Crippen LogP contribution < -0.4 is 4.74 Å². The molecule has 1 aliphatic heterocycles. The normalized spacial score (nSPS) is 22.8. The van der Waals surface area contributed by atoms with Gasteiger partial charge in [-0.05, 0) is 48.7 Å². The predicted octanol–water partition coefficient (Wildman–Crippen LogP) is 3.85. The maximum Gasteiger partial charge on any atom is 0.227 e. The quantitative estimate of drug-likeness (QED) is 0.751. The highest BCUT2D eigenvalue weighted by Crippen LogP contribution is 2.42. The van der Waals surface area contributed by atoms with E-state index in [-0.39, 0.29) is 30.4 Å². The van der Waals surface area contributed by atoms with Crippen molar-refractivity contribution in [3.63, 3.8) is 0 Å². The molecule has 1 amide bonds. The number of carbonyl (C=O) groups is 1. The minimum absolute atomic E-state index is 0.0103. The largest absolute Gasteiger partial charge is 0.497 e. The predicted molar refractivity (Wildman–Crippen MR) is 122 cm³/mol. The van der Waals surface area contributed by atoms with E-state index >= 15 is 0 Å². The molecule has 2 fully saturated rings. The highest BCUT2D eigenvalue weighted by molar-refractivity contribution is 5.81. The Balaban J connectivity index is 1.49. The van der Waals surface area contributed by atoms with Gasteiger partial charge in [-0.15, -0.1) is 0 Å². The summed E-state index contributed by atoms with van der Waals surface area (Å²) in [5.41, 5.74) is 2.68. The molecule has 0 spiro atoms. The maximum atomic E-state index is 13.1. The number of likely N-dealkylation sites (tertiary alicyclic amines) is 1. The van der Waals surface area contributed by atoms with Gasteiger partial charge >= 0.3 is 0 Å². The van der Waals surface area contributed by atoms with Crippen molar-refractivity contribution >= 4 is 5.91 Å². The first-order valence-electron chi connectivity index (χ1n) is 11.2. The van der Waals surface area contributed by atoms with Crippen molar-refractivity contribution in [3.05, 3.63) is 65.2 Å². The van der Waals surface area contributed by atoms with Crippen LogP contribution in [0.3, 0.4) is 0 Å². The molecule has 3 atom stereocenters. The van der Waals surface area contributed by atoms with E-state index in [2.05, 4.69) is 17.9 Å². The highest BCUT2D eigenvalue weighted by Gasteiger charge is 2.52. The Morgan fingerprint density at radius 2 is 1.81 bits per heavy atom. The highest BCUT2D eigenvalue weighted by atomic mass is 16.5. The van der Waals surface area contributed by atoms with Crippen LogP contribution in [-0.2, 0) is 4.79 Å². The van der Waals surface area contributed by atoms with Gasteiger partial charge in [0, 0.05) is 23.0 Å². The van der Waals surface area contributed by atoms with Gasteiger partial charge in [0.2, 0.25) is 5.91 Å². The third-order valence-electron chi connectivity index (χ3n) is 6.66. The third kappa shape index (κ3) is 4.35. The number of nitriles is 1. The summed E-state index contributed by atoms with van der Waals surface area (Å²) < 4.78 is 5.23. The van der Waals surface area contributed by atoms with Gasteiger partial charge in [-0.25, -0.2) is 0 Å². The fourth-order valence-electron chi connectivity index (χ4n) is 4.90. The van der Waals surface area contributed by atoms with Crippen LogP contribution >= 0.6 is 0 Å². The number of nitrogens with zero attached hydrogens (tertiary/aromatic N) is 2. The number of ether oxygens (including phenoxy) is 1. The number of carbonyl (C=O) groups excluding carboxylic acids is 1. The molecule has 4 rings (SSSR count). The van der Waals surface area contributed by atoms with Crippen LogP contribution in [0.4, 0.5) is 0 Å². The summed E-state index contributed by atoms with van der Waals surface area (Å²) >= 11 is 0. The van der Waals surface area contributed by atoms with Gasteiger partial charge < -0.3 is 14.7 Å². The molecule has 1 saturated carbocycles. The van der Waals surface area contributed by atoms with Crippen LogP contribution in [0, 0.1) is 29.1 Å². The van der Waals surface area contributed by atoms with Crippen molar-refractivity contribution in [1.29, 1.82) is 5.26 Å².